The summed E-state index contributed by atoms with van der Waals surface area (Å²) in [6.45, 7) is 17.5. The van der Waals surface area contributed by atoms with Crippen LogP contribution in [0.15, 0.2) is 16.7 Å². The van der Waals surface area contributed by atoms with Crippen LogP contribution in [0.5, 0.6) is 0 Å². The van der Waals surface area contributed by atoms with Gasteiger partial charge in [0.15, 0.2) is 0 Å². The van der Waals surface area contributed by atoms with E-state index in [1.165, 1.54) is 5.56 Å². The average molecular weight is 293 g/mol. The SMILES string of the molecule is CC(C)N1CCN(Cc2occc2CNC(C)(C)C)CC1. The number of piperazine rings is 1. The van der Waals surface area contributed by atoms with Gasteiger partial charge in [-0.1, -0.05) is 0 Å². The molecule has 0 radical (unpaired) electrons. The fourth-order valence-corrected chi connectivity index (χ4v) is 2.66. The summed E-state index contributed by atoms with van der Waals surface area (Å²) in [5, 5.41) is 3.54. The molecule has 1 N–H and O–H groups in total. The smallest absolute Gasteiger partial charge is 0.122 e. The van der Waals surface area contributed by atoms with E-state index in [9.17, 15) is 0 Å². The lowest BCUT2D eigenvalue weighted by Gasteiger charge is -2.36. The molecule has 1 aromatic rings. The minimum absolute atomic E-state index is 0.136. The molecular weight excluding hydrogens is 262 g/mol. The Hall–Kier alpha value is -0.840. The van der Waals surface area contributed by atoms with Crippen LogP contribution in [0.25, 0.3) is 0 Å². The molecule has 1 aromatic heterocycles. The second-order valence-electron chi connectivity index (χ2n) is 7.38. The van der Waals surface area contributed by atoms with Crippen LogP contribution in [0.4, 0.5) is 0 Å². The Morgan fingerprint density at radius 1 is 1.19 bits per heavy atom. The predicted octanol–water partition coefficient (Wildman–Crippen LogP) is 2.69. The molecule has 4 nitrogen and oxygen atoms in total. The summed E-state index contributed by atoms with van der Waals surface area (Å²) >= 11 is 0. The Bertz CT molecular complexity index is 425. The molecule has 120 valence electrons. The highest BCUT2D eigenvalue weighted by Gasteiger charge is 2.21. The Kier molecular flexibility index (Phi) is 5.47. The fraction of sp³-hybridized carbons (Fsp3) is 0.765. The van der Waals surface area contributed by atoms with Gasteiger partial charge in [-0.05, 0) is 40.7 Å². The van der Waals surface area contributed by atoms with Crippen molar-refractivity contribution >= 4 is 0 Å². The second kappa shape index (κ2) is 6.95. The number of hydrogen-bond donors (Lipinski definition) is 1. The van der Waals surface area contributed by atoms with Gasteiger partial charge in [0.05, 0.1) is 12.8 Å². The van der Waals surface area contributed by atoms with Gasteiger partial charge >= 0.3 is 0 Å². The van der Waals surface area contributed by atoms with Gasteiger partial charge in [-0.25, -0.2) is 0 Å². The van der Waals surface area contributed by atoms with Crippen molar-refractivity contribution in [3.8, 4) is 0 Å². The zero-order valence-corrected chi connectivity index (χ0v) is 14.3. The topological polar surface area (TPSA) is 31.6 Å². The predicted molar refractivity (Wildman–Crippen MR) is 87.3 cm³/mol. The van der Waals surface area contributed by atoms with E-state index < -0.39 is 0 Å². The highest BCUT2D eigenvalue weighted by molar-refractivity contribution is 5.17. The van der Waals surface area contributed by atoms with Crippen LogP contribution in [-0.2, 0) is 13.1 Å². The first kappa shape index (κ1) is 16.5. The lowest BCUT2D eigenvalue weighted by molar-refractivity contribution is 0.0987. The third kappa shape index (κ3) is 5.13. The zero-order chi connectivity index (χ0) is 15.5. The van der Waals surface area contributed by atoms with E-state index >= 15 is 0 Å². The van der Waals surface area contributed by atoms with Crippen LogP contribution >= 0.6 is 0 Å². The van der Waals surface area contributed by atoms with Crippen LogP contribution in [0, 0.1) is 0 Å². The van der Waals surface area contributed by atoms with Crippen molar-refractivity contribution < 1.29 is 4.42 Å². The average Bonchev–Trinajstić information content (AvgIpc) is 2.83. The lowest BCUT2D eigenvalue weighted by atomic mass is 10.1. The van der Waals surface area contributed by atoms with Gasteiger partial charge in [0, 0.05) is 49.9 Å². The van der Waals surface area contributed by atoms with Crippen molar-refractivity contribution in [1.29, 1.82) is 0 Å². The normalized spacial score (nSPS) is 18.6. The van der Waals surface area contributed by atoms with Crippen LogP contribution in [-0.4, -0.2) is 47.6 Å². The third-order valence-electron chi connectivity index (χ3n) is 4.15. The number of hydrogen-bond acceptors (Lipinski definition) is 4. The largest absolute Gasteiger partial charge is 0.468 e. The van der Waals surface area contributed by atoms with Crippen molar-refractivity contribution in [3.05, 3.63) is 23.7 Å². The lowest BCUT2D eigenvalue weighted by Crippen LogP contribution is -2.48. The minimum Gasteiger partial charge on any atom is -0.468 e. The molecule has 0 atom stereocenters. The summed E-state index contributed by atoms with van der Waals surface area (Å²) in [7, 11) is 0. The van der Waals surface area contributed by atoms with Crippen molar-refractivity contribution in [2.24, 2.45) is 0 Å². The Labute approximate surface area is 129 Å². The maximum absolute atomic E-state index is 5.71. The van der Waals surface area contributed by atoms with Gasteiger partial charge in [0.1, 0.15) is 5.76 Å². The van der Waals surface area contributed by atoms with Gasteiger partial charge in [-0.3, -0.25) is 9.80 Å². The van der Waals surface area contributed by atoms with E-state index in [2.05, 4.69) is 55.8 Å². The summed E-state index contributed by atoms with van der Waals surface area (Å²) < 4.78 is 5.71. The molecule has 0 saturated carbocycles. The Balaban J connectivity index is 1.85. The molecule has 1 fully saturated rings. The minimum atomic E-state index is 0.136. The highest BCUT2D eigenvalue weighted by Crippen LogP contribution is 2.16. The third-order valence-corrected chi connectivity index (χ3v) is 4.15. The summed E-state index contributed by atoms with van der Waals surface area (Å²) in [6, 6.07) is 2.75. The maximum Gasteiger partial charge on any atom is 0.122 e. The molecule has 2 rings (SSSR count). The molecule has 1 aliphatic heterocycles. The van der Waals surface area contributed by atoms with Crippen LogP contribution < -0.4 is 5.32 Å². The maximum atomic E-state index is 5.71. The standard InChI is InChI=1S/C17H31N3O/c1-14(2)20-9-7-19(8-10-20)13-16-15(6-11-21-16)12-18-17(3,4)5/h6,11,14,18H,7-10,12-13H2,1-5H3. The van der Waals surface area contributed by atoms with Crippen LogP contribution in [0.3, 0.4) is 0 Å². The fourth-order valence-electron chi connectivity index (χ4n) is 2.66. The van der Waals surface area contributed by atoms with E-state index in [4.69, 9.17) is 4.42 Å². The van der Waals surface area contributed by atoms with Gasteiger partial charge in [0.2, 0.25) is 0 Å². The molecule has 1 saturated heterocycles. The van der Waals surface area contributed by atoms with Gasteiger partial charge in [0.25, 0.3) is 0 Å². The van der Waals surface area contributed by atoms with Crippen molar-refractivity contribution in [2.45, 2.75) is 59.3 Å². The van der Waals surface area contributed by atoms with Crippen molar-refractivity contribution in [2.75, 3.05) is 26.2 Å². The Morgan fingerprint density at radius 2 is 1.86 bits per heavy atom. The van der Waals surface area contributed by atoms with Crippen molar-refractivity contribution in [1.82, 2.24) is 15.1 Å². The van der Waals surface area contributed by atoms with E-state index in [0.29, 0.717) is 6.04 Å². The molecule has 0 aromatic carbocycles. The van der Waals surface area contributed by atoms with Gasteiger partial charge in [-0.2, -0.15) is 0 Å². The first-order valence-electron chi connectivity index (χ1n) is 8.12. The molecule has 0 unspecified atom stereocenters. The first-order valence-corrected chi connectivity index (χ1v) is 8.12. The number of furan rings is 1. The van der Waals surface area contributed by atoms with E-state index in [1.807, 2.05) is 6.26 Å². The molecule has 21 heavy (non-hydrogen) atoms. The number of rotatable bonds is 5. The van der Waals surface area contributed by atoms with Crippen molar-refractivity contribution in [3.63, 3.8) is 0 Å². The molecule has 1 aliphatic rings. The number of nitrogens with one attached hydrogen (secondary N) is 1. The molecule has 4 heteroatoms. The zero-order valence-electron chi connectivity index (χ0n) is 14.3. The second-order valence-corrected chi connectivity index (χ2v) is 7.38. The molecule has 0 amide bonds. The quantitative estimate of drug-likeness (QED) is 0.904. The molecular formula is C17H31N3O. The summed E-state index contributed by atoms with van der Waals surface area (Å²) in [4.78, 5) is 5.04. The van der Waals surface area contributed by atoms with E-state index in [-0.39, 0.29) is 5.54 Å². The molecule has 2 heterocycles. The summed E-state index contributed by atoms with van der Waals surface area (Å²) in [5.74, 6) is 1.12. The Morgan fingerprint density at radius 3 is 2.43 bits per heavy atom. The highest BCUT2D eigenvalue weighted by atomic mass is 16.3. The number of nitrogens with zero attached hydrogens (tertiary/aromatic N) is 2. The monoisotopic (exact) mass is 293 g/mol. The van der Waals surface area contributed by atoms with Gasteiger partial charge < -0.3 is 9.73 Å². The van der Waals surface area contributed by atoms with Gasteiger partial charge in [-0.15, -0.1) is 0 Å². The van der Waals surface area contributed by atoms with E-state index in [0.717, 1.165) is 45.0 Å². The summed E-state index contributed by atoms with van der Waals surface area (Å²) in [6.07, 6.45) is 1.82. The van der Waals surface area contributed by atoms with Crippen LogP contribution in [0.2, 0.25) is 0 Å². The first-order chi connectivity index (χ1) is 9.85. The van der Waals surface area contributed by atoms with E-state index in [1.54, 1.807) is 0 Å². The molecule has 0 aliphatic carbocycles. The molecule has 0 spiro atoms. The summed E-state index contributed by atoms with van der Waals surface area (Å²) in [5.41, 5.74) is 1.42. The van der Waals surface area contributed by atoms with Crippen LogP contribution in [0.1, 0.15) is 45.9 Å². The molecule has 0 bridgehead atoms.